The number of sulfone groups is 1. The van der Waals surface area contributed by atoms with Gasteiger partial charge in [-0.3, -0.25) is 19.8 Å². The molecule has 1 fully saturated rings. The molecule has 44 heavy (non-hydrogen) atoms. The first-order valence-corrected chi connectivity index (χ1v) is 16.3. The molecule has 2 heterocycles. The number of hydrogen-bond donors (Lipinski definition) is 5. The van der Waals surface area contributed by atoms with E-state index in [-0.39, 0.29) is 35.5 Å². The van der Waals surface area contributed by atoms with Gasteiger partial charge in [0.1, 0.15) is 11.9 Å². The second kappa shape index (κ2) is 11.7. The number of thiophene rings is 1. The number of nitrogen functional groups attached to an aromatic ring is 1. The maximum Gasteiger partial charge on any atom is 0.299 e. The van der Waals surface area contributed by atoms with Gasteiger partial charge in [0, 0.05) is 45.3 Å². The topological polar surface area (TPSA) is 183 Å². The highest BCUT2D eigenvalue weighted by molar-refractivity contribution is 7.91. The van der Waals surface area contributed by atoms with E-state index in [4.69, 9.17) is 11.1 Å². The molecule has 5 rings (SSSR count). The Morgan fingerprint density at radius 2 is 1.84 bits per heavy atom. The summed E-state index contributed by atoms with van der Waals surface area (Å²) in [5, 5.41) is 23.0. The number of nitrogens with zero attached hydrogens (tertiary/aromatic N) is 1. The van der Waals surface area contributed by atoms with Gasteiger partial charge in [0.25, 0.3) is 11.8 Å². The molecule has 3 amide bonds. The molecule has 0 bridgehead atoms. The highest BCUT2D eigenvalue weighted by Crippen LogP contribution is 2.50. The van der Waals surface area contributed by atoms with Gasteiger partial charge in [-0.15, -0.1) is 11.3 Å². The molecule has 0 saturated carbocycles. The number of likely N-dealkylation sites (tertiary alicyclic amines) is 1. The summed E-state index contributed by atoms with van der Waals surface area (Å²) >= 11 is 1.15. The van der Waals surface area contributed by atoms with E-state index in [9.17, 15) is 27.9 Å². The number of carbonyl (C=O) groups excluding carboxylic acids is 3. The molecule has 1 saturated heterocycles. The number of fused-ring (bicyclic) bond motifs is 3. The number of halogens is 2. The standard InChI is InChI=1S/C29H29F2N5O6S2/c1-44(41,42)17-10-23(28(40)35-22(13-37)24-9-16(14-43-24)26(32)33)36(12-17)25(38)11-34-27(39)15-6-7-19-18-4-2-3-5-20(18)29(30,31)21(19)8-15/h2-9,14,17,22-23,37H,10-13H2,1H3,(H3,32,33)(H,34,39)(H,35,40)/t17-,22?,23+/m1/s1. The SMILES string of the molecule is CS(=O)(=O)[C@@H]1C[C@@H](C(=O)NC(CO)c2cc(C(=N)N)cs2)N(C(=O)CNC(=O)c2ccc3c(c2)C(F)(F)c2ccccc2-3)C1. The maximum atomic E-state index is 15.1. The quantitative estimate of drug-likeness (QED) is 0.173. The molecular weight excluding hydrogens is 616 g/mol. The average Bonchev–Trinajstić information content (AvgIpc) is 3.71. The molecule has 0 radical (unpaired) electrons. The van der Waals surface area contributed by atoms with E-state index in [1.807, 2.05) is 0 Å². The highest BCUT2D eigenvalue weighted by Gasteiger charge is 2.45. The Balaban J connectivity index is 1.29. The number of carbonyl (C=O) groups is 3. The summed E-state index contributed by atoms with van der Waals surface area (Å²) in [5.74, 6) is -5.77. The number of rotatable bonds is 9. The molecule has 0 spiro atoms. The molecule has 1 unspecified atom stereocenters. The first-order chi connectivity index (χ1) is 20.7. The minimum absolute atomic E-state index is 0.0968. The molecule has 2 aliphatic rings. The zero-order valence-electron chi connectivity index (χ0n) is 23.3. The first-order valence-electron chi connectivity index (χ1n) is 13.4. The molecule has 15 heteroatoms. The van der Waals surface area contributed by atoms with Gasteiger partial charge in [0.05, 0.1) is 24.4 Å². The second-order valence-electron chi connectivity index (χ2n) is 10.7. The third kappa shape index (κ3) is 5.81. The molecule has 1 aliphatic carbocycles. The predicted molar refractivity (Wildman–Crippen MR) is 159 cm³/mol. The average molecular weight is 646 g/mol. The predicted octanol–water partition coefficient (Wildman–Crippen LogP) is 1.75. The Hall–Kier alpha value is -4.21. The van der Waals surface area contributed by atoms with Crippen molar-refractivity contribution < 1.29 is 36.7 Å². The Kier molecular flexibility index (Phi) is 8.31. The number of amidine groups is 1. The van der Waals surface area contributed by atoms with Crippen molar-refractivity contribution in [3.8, 4) is 11.1 Å². The number of nitrogens with two attached hydrogens (primary N) is 1. The number of aliphatic hydroxyl groups is 1. The van der Waals surface area contributed by atoms with Crippen LogP contribution in [-0.2, 0) is 25.3 Å². The smallest absolute Gasteiger partial charge is 0.299 e. The molecule has 2 aromatic carbocycles. The summed E-state index contributed by atoms with van der Waals surface area (Å²) in [7, 11) is -3.66. The van der Waals surface area contributed by atoms with Gasteiger partial charge < -0.3 is 26.4 Å². The van der Waals surface area contributed by atoms with Gasteiger partial charge in [0.15, 0.2) is 9.84 Å². The number of aliphatic hydroxyl groups excluding tert-OH is 1. The second-order valence-corrected chi connectivity index (χ2v) is 14.0. The van der Waals surface area contributed by atoms with E-state index in [0.717, 1.165) is 28.6 Å². The fourth-order valence-electron chi connectivity index (χ4n) is 5.46. The monoisotopic (exact) mass is 645 g/mol. The van der Waals surface area contributed by atoms with Crippen molar-refractivity contribution in [2.75, 3.05) is 26.0 Å². The summed E-state index contributed by atoms with van der Waals surface area (Å²) in [6.07, 6.45) is 0.794. The van der Waals surface area contributed by atoms with Crippen LogP contribution in [0.4, 0.5) is 8.78 Å². The Morgan fingerprint density at radius 3 is 2.50 bits per heavy atom. The number of alkyl halides is 2. The summed E-state index contributed by atoms with van der Waals surface area (Å²) in [6.45, 7) is -1.43. The number of nitrogens with one attached hydrogen (secondary N) is 3. The van der Waals surface area contributed by atoms with E-state index in [1.54, 1.807) is 17.5 Å². The third-order valence-corrected chi connectivity index (χ3v) is 10.4. The van der Waals surface area contributed by atoms with Crippen LogP contribution < -0.4 is 16.4 Å². The Labute approximate surface area is 255 Å². The van der Waals surface area contributed by atoms with Crippen LogP contribution >= 0.6 is 11.3 Å². The fourth-order valence-corrected chi connectivity index (χ4v) is 7.37. The largest absolute Gasteiger partial charge is 0.394 e. The lowest BCUT2D eigenvalue weighted by atomic mass is 10.0. The molecular formula is C29H29F2N5O6S2. The van der Waals surface area contributed by atoms with E-state index in [0.29, 0.717) is 21.6 Å². The van der Waals surface area contributed by atoms with E-state index < -0.39 is 64.0 Å². The van der Waals surface area contributed by atoms with Crippen molar-refractivity contribution in [1.29, 1.82) is 5.41 Å². The van der Waals surface area contributed by atoms with Crippen molar-refractivity contribution in [2.24, 2.45) is 5.73 Å². The normalized spacial score (nSPS) is 19.1. The van der Waals surface area contributed by atoms with Crippen molar-refractivity contribution in [3.63, 3.8) is 0 Å². The van der Waals surface area contributed by atoms with Crippen LogP contribution in [-0.4, -0.2) is 79.2 Å². The van der Waals surface area contributed by atoms with E-state index in [2.05, 4.69) is 10.6 Å². The van der Waals surface area contributed by atoms with Gasteiger partial charge in [0.2, 0.25) is 11.8 Å². The number of amides is 3. The van der Waals surface area contributed by atoms with Gasteiger partial charge in [-0.2, -0.15) is 8.78 Å². The number of hydrogen-bond acceptors (Lipinski definition) is 8. The van der Waals surface area contributed by atoms with Gasteiger partial charge in [-0.25, -0.2) is 8.42 Å². The minimum atomic E-state index is -3.66. The molecule has 11 nitrogen and oxygen atoms in total. The highest BCUT2D eigenvalue weighted by atomic mass is 32.2. The van der Waals surface area contributed by atoms with Gasteiger partial charge in [-0.05, 0) is 35.7 Å². The van der Waals surface area contributed by atoms with Crippen LogP contribution in [0.25, 0.3) is 11.1 Å². The van der Waals surface area contributed by atoms with Crippen molar-refractivity contribution >= 4 is 44.7 Å². The maximum absolute atomic E-state index is 15.1. The molecule has 6 N–H and O–H groups in total. The van der Waals surface area contributed by atoms with E-state index in [1.165, 1.54) is 30.3 Å². The van der Waals surface area contributed by atoms with Gasteiger partial charge in [-0.1, -0.05) is 30.3 Å². The molecule has 3 aromatic rings. The first kappa shape index (κ1) is 31.2. The summed E-state index contributed by atoms with van der Waals surface area (Å²) in [5.41, 5.74) is 5.98. The van der Waals surface area contributed by atoms with Crippen LogP contribution in [0.5, 0.6) is 0 Å². The summed E-state index contributed by atoms with van der Waals surface area (Å²) < 4.78 is 54.9. The van der Waals surface area contributed by atoms with Crippen LogP contribution in [0.2, 0.25) is 0 Å². The molecule has 1 aromatic heterocycles. The fraction of sp³-hybridized carbons (Fsp3) is 0.310. The van der Waals surface area contributed by atoms with Crippen LogP contribution in [0.1, 0.15) is 44.4 Å². The Morgan fingerprint density at radius 1 is 1.14 bits per heavy atom. The Bertz CT molecular complexity index is 1780. The zero-order chi connectivity index (χ0) is 32.0. The lowest BCUT2D eigenvalue weighted by molar-refractivity contribution is -0.138. The van der Waals surface area contributed by atoms with Crippen molar-refractivity contribution in [2.45, 2.75) is 29.7 Å². The van der Waals surface area contributed by atoms with E-state index >= 15 is 8.78 Å². The van der Waals surface area contributed by atoms with Crippen LogP contribution in [0, 0.1) is 5.41 Å². The molecule has 3 atom stereocenters. The number of benzene rings is 2. The van der Waals surface area contributed by atoms with Crippen LogP contribution in [0.3, 0.4) is 0 Å². The van der Waals surface area contributed by atoms with Gasteiger partial charge >= 0.3 is 0 Å². The third-order valence-electron chi connectivity index (χ3n) is 7.84. The summed E-state index contributed by atoms with van der Waals surface area (Å²) in [6, 6.07) is 9.34. The van der Waals surface area contributed by atoms with Crippen molar-refractivity contribution in [3.05, 3.63) is 81.0 Å². The molecule has 1 aliphatic heterocycles. The zero-order valence-corrected chi connectivity index (χ0v) is 25.0. The molecule has 232 valence electrons. The lowest BCUT2D eigenvalue weighted by Gasteiger charge is -2.26. The lowest BCUT2D eigenvalue weighted by Crippen LogP contribution is -2.49. The minimum Gasteiger partial charge on any atom is -0.394 e. The van der Waals surface area contributed by atoms with Crippen LogP contribution in [0.15, 0.2) is 53.9 Å². The summed E-state index contributed by atoms with van der Waals surface area (Å²) in [4.78, 5) is 41.0. The van der Waals surface area contributed by atoms with Crippen molar-refractivity contribution in [1.82, 2.24) is 15.5 Å².